The Kier molecular flexibility index (Phi) is 6.43. The van der Waals surface area contributed by atoms with E-state index in [0.29, 0.717) is 32.4 Å². The van der Waals surface area contributed by atoms with Crippen LogP contribution < -0.4 is 16.4 Å². The molecule has 0 saturated heterocycles. The highest BCUT2D eigenvalue weighted by atomic mass is 32.1. The number of nitrogens with two attached hydrogens (primary N) is 1. The van der Waals surface area contributed by atoms with Crippen LogP contribution in [0.15, 0.2) is 36.4 Å². The Hall–Kier alpha value is -3.30. The number of rotatable bonds is 7. The molecule has 5 N–H and O–H groups in total. The molecule has 7 nitrogen and oxygen atoms in total. The zero-order chi connectivity index (χ0) is 21.8. The van der Waals surface area contributed by atoms with Crippen molar-refractivity contribution < 1.29 is 19.1 Å². The van der Waals surface area contributed by atoms with Gasteiger partial charge in [0.25, 0.3) is 5.91 Å². The van der Waals surface area contributed by atoms with Crippen LogP contribution in [0, 0.1) is 12.7 Å². The Balaban J connectivity index is 1.95. The molecule has 0 atom stereocenters. The van der Waals surface area contributed by atoms with E-state index < -0.39 is 17.7 Å². The number of thiazole rings is 1. The average Bonchev–Trinajstić information content (AvgIpc) is 3.14. The van der Waals surface area contributed by atoms with Crippen LogP contribution in [0.3, 0.4) is 0 Å². The first-order chi connectivity index (χ1) is 14.3. The minimum atomic E-state index is -0.997. The predicted octanol–water partition coefficient (Wildman–Crippen LogP) is 3.64. The third-order valence-electron chi connectivity index (χ3n) is 4.36. The Bertz CT molecular complexity index is 1110. The smallest absolute Gasteiger partial charge is 0.307 e. The molecule has 0 aliphatic heterocycles. The Morgan fingerprint density at radius 3 is 2.67 bits per heavy atom. The van der Waals surface area contributed by atoms with Gasteiger partial charge in [0.15, 0.2) is 5.69 Å². The second kappa shape index (κ2) is 9.02. The minimum absolute atomic E-state index is 0.138. The van der Waals surface area contributed by atoms with Crippen molar-refractivity contribution >= 4 is 33.9 Å². The topological polar surface area (TPSA) is 117 Å². The number of carbonyl (C=O) groups excluding carboxylic acids is 1. The number of carbonyl (C=O) groups is 2. The van der Waals surface area contributed by atoms with Gasteiger partial charge in [0.1, 0.15) is 15.8 Å². The first-order valence-corrected chi connectivity index (χ1v) is 9.93. The number of benzene rings is 2. The zero-order valence-electron chi connectivity index (χ0n) is 16.5. The van der Waals surface area contributed by atoms with Gasteiger partial charge in [-0.05, 0) is 47.9 Å². The lowest BCUT2D eigenvalue weighted by Crippen LogP contribution is -2.16. The van der Waals surface area contributed by atoms with Crippen LogP contribution in [0.5, 0.6) is 0 Å². The van der Waals surface area contributed by atoms with E-state index in [-0.39, 0.29) is 18.7 Å². The van der Waals surface area contributed by atoms with Crippen molar-refractivity contribution in [2.45, 2.75) is 19.9 Å². The van der Waals surface area contributed by atoms with E-state index in [9.17, 15) is 14.0 Å². The Labute approximate surface area is 176 Å². The van der Waals surface area contributed by atoms with Crippen molar-refractivity contribution in [1.82, 2.24) is 4.98 Å². The number of hydrogen-bond acceptors (Lipinski definition) is 6. The maximum absolute atomic E-state index is 13.9. The number of anilines is 2. The molecule has 0 saturated carbocycles. The third kappa shape index (κ3) is 4.81. The van der Waals surface area contributed by atoms with Gasteiger partial charge in [-0.15, -0.1) is 0 Å². The van der Waals surface area contributed by atoms with Gasteiger partial charge in [0, 0.05) is 24.8 Å². The average molecular weight is 428 g/mol. The third-order valence-corrected chi connectivity index (χ3v) is 5.49. The summed E-state index contributed by atoms with van der Waals surface area (Å²) in [6, 6.07) is 9.59. The molecule has 30 heavy (non-hydrogen) atoms. The number of carboxylic acids is 1. The molecule has 0 aliphatic rings. The molecule has 1 aromatic heterocycles. The van der Waals surface area contributed by atoms with Crippen molar-refractivity contribution in [3.05, 3.63) is 64.6 Å². The molecule has 0 fully saturated rings. The molecule has 3 aromatic rings. The van der Waals surface area contributed by atoms with Crippen LogP contribution in [-0.4, -0.2) is 29.0 Å². The fourth-order valence-electron chi connectivity index (χ4n) is 2.96. The van der Waals surface area contributed by atoms with Crippen molar-refractivity contribution in [1.29, 1.82) is 0 Å². The Morgan fingerprint density at radius 1 is 1.23 bits per heavy atom. The van der Waals surface area contributed by atoms with E-state index >= 15 is 0 Å². The first-order valence-electron chi connectivity index (χ1n) is 9.12. The van der Waals surface area contributed by atoms with E-state index in [1.165, 1.54) is 23.5 Å². The maximum atomic E-state index is 13.9. The molecule has 0 spiro atoms. The second-order valence-corrected chi connectivity index (χ2v) is 7.68. The van der Waals surface area contributed by atoms with Crippen molar-refractivity contribution in [2.75, 3.05) is 17.7 Å². The van der Waals surface area contributed by atoms with E-state index in [1.54, 1.807) is 31.3 Å². The van der Waals surface area contributed by atoms with E-state index in [4.69, 9.17) is 10.8 Å². The predicted molar refractivity (Wildman–Crippen MR) is 115 cm³/mol. The van der Waals surface area contributed by atoms with E-state index in [2.05, 4.69) is 15.6 Å². The SMILES string of the molecule is CNc1sc(-c2cc(F)cc(CN)c2)nc1C(=O)Nc1cc(C)ccc1CC(=O)O. The van der Waals surface area contributed by atoms with Crippen molar-refractivity contribution in [2.24, 2.45) is 5.73 Å². The summed E-state index contributed by atoms with van der Waals surface area (Å²) < 4.78 is 13.9. The van der Waals surface area contributed by atoms with Crippen molar-refractivity contribution in [3.63, 3.8) is 0 Å². The summed E-state index contributed by atoms with van der Waals surface area (Å²) in [5.41, 5.74) is 8.68. The van der Waals surface area contributed by atoms with Gasteiger partial charge in [0.2, 0.25) is 0 Å². The molecule has 0 bridgehead atoms. The number of halogens is 1. The normalized spacial score (nSPS) is 10.7. The molecule has 0 radical (unpaired) electrons. The van der Waals surface area contributed by atoms with Gasteiger partial charge in [0.05, 0.1) is 6.42 Å². The van der Waals surface area contributed by atoms with Crippen LogP contribution in [0.2, 0.25) is 0 Å². The fraction of sp³-hybridized carbons (Fsp3) is 0.190. The molecule has 9 heteroatoms. The highest BCUT2D eigenvalue weighted by Crippen LogP contribution is 2.33. The van der Waals surface area contributed by atoms with Crippen LogP contribution in [0.4, 0.5) is 15.1 Å². The quantitative estimate of drug-likeness (QED) is 0.456. The van der Waals surface area contributed by atoms with Gasteiger partial charge in [-0.1, -0.05) is 23.5 Å². The number of aliphatic carboxylic acids is 1. The zero-order valence-corrected chi connectivity index (χ0v) is 17.3. The summed E-state index contributed by atoms with van der Waals surface area (Å²) in [6.07, 6.45) is -0.220. The lowest BCUT2D eigenvalue weighted by molar-refractivity contribution is -0.136. The fourth-order valence-corrected chi connectivity index (χ4v) is 3.87. The number of carboxylic acid groups (broad SMARTS) is 1. The van der Waals surface area contributed by atoms with E-state index in [1.807, 2.05) is 6.92 Å². The highest BCUT2D eigenvalue weighted by molar-refractivity contribution is 7.19. The summed E-state index contributed by atoms with van der Waals surface area (Å²) >= 11 is 1.21. The lowest BCUT2D eigenvalue weighted by atomic mass is 10.1. The van der Waals surface area contributed by atoms with Gasteiger partial charge in [-0.3, -0.25) is 9.59 Å². The molecule has 0 unspecified atom stereocenters. The van der Waals surface area contributed by atoms with E-state index in [0.717, 1.165) is 5.56 Å². The largest absolute Gasteiger partial charge is 0.481 e. The summed E-state index contributed by atoms with van der Waals surface area (Å²) in [7, 11) is 1.66. The van der Waals surface area contributed by atoms with Gasteiger partial charge in [-0.25, -0.2) is 9.37 Å². The second-order valence-electron chi connectivity index (χ2n) is 6.68. The molecule has 1 amide bonds. The standard InChI is InChI=1S/C21H21FN4O3S/c1-11-3-4-13(9-17(27)28)16(5-11)25-19(29)18-21(24-2)30-20(26-18)14-6-12(10-23)7-15(22)8-14/h3-8,24H,9-10,23H2,1-2H3,(H,25,29)(H,27,28). The summed E-state index contributed by atoms with van der Waals surface area (Å²) in [5.74, 6) is -1.92. The number of nitrogens with zero attached hydrogens (tertiary/aromatic N) is 1. The van der Waals surface area contributed by atoms with Crippen molar-refractivity contribution in [3.8, 4) is 10.6 Å². The summed E-state index contributed by atoms with van der Waals surface area (Å²) in [6.45, 7) is 2.03. The van der Waals surface area contributed by atoms with Gasteiger partial charge >= 0.3 is 5.97 Å². The molecule has 156 valence electrons. The number of hydrogen-bond donors (Lipinski definition) is 4. The van der Waals surface area contributed by atoms with Gasteiger partial charge < -0.3 is 21.5 Å². The Morgan fingerprint density at radius 2 is 2.00 bits per heavy atom. The van der Waals surface area contributed by atoms with Gasteiger partial charge in [-0.2, -0.15) is 0 Å². The number of nitrogens with one attached hydrogen (secondary N) is 2. The van der Waals surface area contributed by atoms with Crippen LogP contribution in [0.1, 0.15) is 27.2 Å². The highest BCUT2D eigenvalue weighted by Gasteiger charge is 2.20. The van der Waals surface area contributed by atoms with Crippen LogP contribution in [0.25, 0.3) is 10.6 Å². The maximum Gasteiger partial charge on any atom is 0.307 e. The number of aromatic nitrogens is 1. The molecule has 2 aromatic carbocycles. The molecule has 1 heterocycles. The minimum Gasteiger partial charge on any atom is -0.481 e. The molecule has 0 aliphatic carbocycles. The number of amides is 1. The van der Waals surface area contributed by atoms with Crippen LogP contribution in [-0.2, 0) is 17.8 Å². The van der Waals surface area contributed by atoms with Crippen LogP contribution >= 0.6 is 11.3 Å². The summed E-state index contributed by atoms with van der Waals surface area (Å²) in [4.78, 5) is 28.5. The summed E-state index contributed by atoms with van der Waals surface area (Å²) in [5, 5.41) is 15.8. The molecular weight excluding hydrogens is 407 g/mol. The lowest BCUT2D eigenvalue weighted by Gasteiger charge is -2.11. The molecule has 3 rings (SSSR count). The molecular formula is C21H21FN4O3S. The monoisotopic (exact) mass is 428 g/mol. The first kappa shape index (κ1) is 21.4. The number of aryl methyl sites for hydroxylation is 1.